The first-order valence-corrected chi connectivity index (χ1v) is 8.27. The maximum Gasteiger partial charge on any atom is 0.271 e. The van der Waals surface area contributed by atoms with E-state index in [-0.39, 0.29) is 22.4 Å². The van der Waals surface area contributed by atoms with Crippen molar-refractivity contribution in [3.63, 3.8) is 0 Å². The fourth-order valence-electron chi connectivity index (χ4n) is 5.15. The molecule has 7 nitrogen and oxygen atoms in total. The molecule has 3 fully saturated rings. The normalized spacial score (nSPS) is 39.0. The number of hydrogen-bond acceptors (Lipinski definition) is 5. The summed E-state index contributed by atoms with van der Waals surface area (Å²) >= 11 is 0. The van der Waals surface area contributed by atoms with Gasteiger partial charge in [-0.2, -0.15) is 0 Å². The molecule has 4 bridgehead atoms. The number of nitro benzene ring substituents is 1. The minimum Gasteiger partial charge on any atom is -0.364 e. The van der Waals surface area contributed by atoms with Gasteiger partial charge in [-0.3, -0.25) is 25.8 Å². The molecule has 3 aliphatic rings. The lowest BCUT2D eigenvalue weighted by Gasteiger charge is -2.39. The number of benzene rings is 1. The van der Waals surface area contributed by atoms with Crippen molar-refractivity contribution >= 4 is 17.3 Å². The van der Waals surface area contributed by atoms with E-state index in [4.69, 9.17) is 4.74 Å². The highest BCUT2D eigenvalue weighted by Crippen LogP contribution is 2.74. The summed E-state index contributed by atoms with van der Waals surface area (Å²) in [6.45, 7) is 5.06. The Kier molecular flexibility index (Phi) is 3.01. The number of hydrogen-bond donors (Lipinski definition) is 2. The molecule has 0 aromatic heterocycles. The molecule has 4 atom stereocenters. The van der Waals surface area contributed by atoms with Gasteiger partial charge < -0.3 is 4.74 Å². The maximum atomic E-state index is 12.9. The smallest absolute Gasteiger partial charge is 0.271 e. The summed E-state index contributed by atoms with van der Waals surface area (Å²) in [4.78, 5) is 23.1. The summed E-state index contributed by atoms with van der Waals surface area (Å²) in [5.74, 6) is 0.399. The van der Waals surface area contributed by atoms with Gasteiger partial charge in [-0.1, -0.05) is 13.8 Å². The van der Waals surface area contributed by atoms with Crippen LogP contribution in [0.4, 0.5) is 11.4 Å². The summed E-state index contributed by atoms with van der Waals surface area (Å²) in [7, 11) is 0. The number of ether oxygens (including phenoxy) is 1. The average Bonchev–Trinajstić information content (AvgIpc) is 3.04. The third-order valence-corrected chi connectivity index (χ3v) is 6.96. The first-order valence-electron chi connectivity index (χ1n) is 8.27. The van der Waals surface area contributed by atoms with Crippen molar-refractivity contribution in [3.05, 3.63) is 34.4 Å². The lowest BCUT2D eigenvalue weighted by atomic mass is 9.66. The number of nitrogens with one attached hydrogen (secondary N) is 2. The van der Waals surface area contributed by atoms with Crippen LogP contribution in [-0.2, 0) is 9.53 Å². The highest BCUT2D eigenvalue weighted by atomic mass is 16.6. The van der Waals surface area contributed by atoms with Gasteiger partial charge in [0.05, 0.1) is 17.2 Å². The fourth-order valence-corrected chi connectivity index (χ4v) is 5.15. The summed E-state index contributed by atoms with van der Waals surface area (Å²) < 4.78 is 6.04. The van der Waals surface area contributed by atoms with Gasteiger partial charge in [-0.15, -0.1) is 0 Å². The van der Waals surface area contributed by atoms with E-state index in [2.05, 4.69) is 24.7 Å². The van der Waals surface area contributed by atoms with E-state index in [9.17, 15) is 14.9 Å². The van der Waals surface area contributed by atoms with E-state index in [1.807, 2.05) is 0 Å². The number of anilines is 1. The Hall–Kier alpha value is -2.15. The highest BCUT2D eigenvalue weighted by molar-refractivity contribution is 5.89. The molecule has 0 spiro atoms. The molecule has 0 radical (unpaired) electrons. The van der Waals surface area contributed by atoms with E-state index in [1.165, 1.54) is 18.6 Å². The Morgan fingerprint density at radius 2 is 2.04 bits per heavy atom. The molecule has 1 amide bonds. The lowest BCUT2D eigenvalue weighted by molar-refractivity contribution is -0.384. The van der Waals surface area contributed by atoms with Gasteiger partial charge in [0.1, 0.15) is 0 Å². The van der Waals surface area contributed by atoms with E-state index < -0.39 is 10.5 Å². The number of carbonyl (C=O) groups excluding carboxylic acids is 1. The van der Waals surface area contributed by atoms with Crippen LogP contribution < -0.4 is 10.9 Å². The van der Waals surface area contributed by atoms with Crippen LogP contribution in [-0.4, -0.2) is 23.0 Å². The number of carbonyl (C=O) groups is 1. The topological polar surface area (TPSA) is 93.5 Å². The minimum atomic E-state index is -0.765. The highest BCUT2D eigenvalue weighted by Gasteiger charge is 2.78. The number of non-ortho nitro benzene ring substituents is 1. The molecule has 1 aromatic carbocycles. The average molecular weight is 331 g/mol. The van der Waals surface area contributed by atoms with E-state index in [0.717, 1.165) is 12.8 Å². The monoisotopic (exact) mass is 331 g/mol. The van der Waals surface area contributed by atoms with Gasteiger partial charge in [0.25, 0.3) is 11.6 Å². The van der Waals surface area contributed by atoms with Crippen LogP contribution in [0.2, 0.25) is 0 Å². The van der Waals surface area contributed by atoms with Crippen molar-refractivity contribution in [2.45, 2.75) is 38.7 Å². The van der Waals surface area contributed by atoms with E-state index >= 15 is 0 Å². The van der Waals surface area contributed by atoms with Crippen molar-refractivity contribution in [1.29, 1.82) is 0 Å². The molecule has 1 saturated heterocycles. The fraction of sp³-hybridized carbons (Fsp3) is 0.588. The quantitative estimate of drug-likeness (QED) is 0.653. The van der Waals surface area contributed by atoms with Crippen molar-refractivity contribution in [2.24, 2.45) is 16.7 Å². The first kappa shape index (κ1) is 15.4. The molecule has 24 heavy (non-hydrogen) atoms. The number of rotatable bonds is 4. The minimum absolute atomic E-state index is 0.0148. The van der Waals surface area contributed by atoms with Gasteiger partial charge in [-0.05, 0) is 37.3 Å². The molecular weight excluding hydrogens is 310 g/mol. The molecule has 1 heterocycles. The van der Waals surface area contributed by atoms with Gasteiger partial charge in [-0.25, -0.2) is 0 Å². The van der Waals surface area contributed by atoms with Gasteiger partial charge in [0, 0.05) is 23.0 Å². The zero-order valence-electron chi connectivity index (χ0n) is 13.8. The zero-order valence-corrected chi connectivity index (χ0v) is 13.8. The van der Waals surface area contributed by atoms with Crippen LogP contribution in [0.1, 0.15) is 33.1 Å². The molecule has 4 rings (SSSR count). The third-order valence-electron chi connectivity index (χ3n) is 6.96. The van der Waals surface area contributed by atoms with Gasteiger partial charge in [0.2, 0.25) is 0 Å². The molecule has 128 valence electrons. The molecule has 1 aromatic rings. The van der Waals surface area contributed by atoms with Crippen LogP contribution in [0.5, 0.6) is 0 Å². The summed E-state index contributed by atoms with van der Waals surface area (Å²) in [5, 5.41) is 10.7. The van der Waals surface area contributed by atoms with Crippen molar-refractivity contribution in [1.82, 2.24) is 5.43 Å². The van der Waals surface area contributed by atoms with Crippen LogP contribution >= 0.6 is 0 Å². The second kappa shape index (κ2) is 4.69. The number of amides is 1. The van der Waals surface area contributed by atoms with Gasteiger partial charge >= 0.3 is 0 Å². The Morgan fingerprint density at radius 1 is 1.33 bits per heavy atom. The van der Waals surface area contributed by atoms with Crippen LogP contribution in [0.25, 0.3) is 0 Å². The molecular formula is C17H21N3O4. The molecule has 2 aliphatic carbocycles. The SMILES string of the molecule is C[C@]12CC[C@H]3C[C@@]1(C(=O)NNc1ccc([N+](=O)[O-])cc1)OC[C@@]32C. The Labute approximate surface area is 139 Å². The summed E-state index contributed by atoms with van der Waals surface area (Å²) in [6.07, 6.45) is 2.95. The Morgan fingerprint density at radius 3 is 2.62 bits per heavy atom. The van der Waals surface area contributed by atoms with E-state index in [1.54, 1.807) is 12.1 Å². The van der Waals surface area contributed by atoms with Crippen molar-refractivity contribution in [3.8, 4) is 0 Å². The van der Waals surface area contributed by atoms with E-state index in [0.29, 0.717) is 18.2 Å². The predicted molar refractivity (Wildman–Crippen MR) is 87.1 cm³/mol. The standard InChI is InChI=1S/C17H21N3O4/c1-15-10-24-17(9-11(15)7-8-16(15,17)2)14(21)19-18-12-3-5-13(6-4-12)20(22)23/h3-6,11,18H,7-10H2,1-2H3,(H,19,21)/t11-,15-,16+,17-/m0/s1. The largest absolute Gasteiger partial charge is 0.364 e. The molecule has 7 heteroatoms. The Balaban J connectivity index is 1.49. The lowest BCUT2D eigenvalue weighted by Crippen LogP contribution is -2.56. The van der Waals surface area contributed by atoms with Crippen molar-refractivity contribution in [2.75, 3.05) is 12.0 Å². The van der Waals surface area contributed by atoms with Crippen LogP contribution in [0.15, 0.2) is 24.3 Å². The maximum absolute atomic E-state index is 12.9. The molecule has 1 aliphatic heterocycles. The second-order valence-corrected chi connectivity index (χ2v) is 7.69. The predicted octanol–water partition coefficient (Wildman–Crippen LogP) is 2.63. The zero-order chi connectivity index (χ0) is 17.2. The Bertz CT molecular complexity index is 721. The van der Waals surface area contributed by atoms with Gasteiger partial charge in [0.15, 0.2) is 5.60 Å². The van der Waals surface area contributed by atoms with Crippen LogP contribution in [0.3, 0.4) is 0 Å². The number of nitrogens with zero attached hydrogens (tertiary/aromatic N) is 1. The summed E-state index contributed by atoms with van der Waals surface area (Å²) in [6, 6.07) is 5.93. The number of nitro groups is 1. The molecule has 0 unspecified atom stereocenters. The molecule has 2 N–H and O–H groups in total. The van der Waals surface area contributed by atoms with Crippen molar-refractivity contribution < 1.29 is 14.5 Å². The summed E-state index contributed by atoms with van der Waals surface area (Å²) in [5.41, 5.74) is 5.40. The number of hydrazine groups is 1. The third kappa shape index (κ3) is 1.68. The second-order valence-electron chi connectivity index (χ2n) is 7.69. The first-order chi connectivity index (χ1) is 11.3. The molecule has 2 saturated carbocycles. The van der Waals surface area contributed by atoms with Crippen LogP contribution in [0, 0.1) is 26.9 Å².